The van der Waals surface area contributed by atoms with Crippen LogP contribution in [0.5, 0.6) is 5.75 Å². The predicted molar refractivity (Wildman–Crippen MR) is 108 cm³/mol. The third-order valence-corrected chi connectivity index (χ3v) is 4.29. The van der Waals surface area contributed by atoms with E-state index in [1.165, 1.54) is 0 Å². The zero-order chi connectivity index (χ0) is 18.9. The van der Waals surface area contributed by atoms with Gasteiger partial charge in [-0.3, -0.25) is 0 Å². The van der Waals surface area contributed by atoms with Crippen molar-refractivity contribution in [2.75, 3.05) is 0 Å². The predicted octanol–water partition coefficient (Wildman–Crippen LogP) is 4.91. The lowest BCUT2D eigenvalue weighted by Crippen LogP contribution is -2.06. The number of ether oxygens (including phenoxy) is 1. The Labute approximate surface area is 163 Å². The summed E-state index contributed by atoms with van der Waals surface area (Å²) >= 11 is 6.12. The van der Waals surface area contributed by atoms with Crippen molar-refractivity contribution in [1.82, 2.24) is 5.43 Å². The molecule has 0 aromatic heterocycles. The molecule has 3 aromatic carbocycles. The van der Waals surface area contributed by atoms with E-state index in [1.807, 2.05) is 66.7 Å². The van der Waals surface area contributed by atoms with Crippen molar-refractivity contribution in [1.29, 1.82) is 5.26 Å². The molecule has 5 heteroatoms. The van der Waals surface area contributed by atoms with Crippen molar-refractivity contribution in [2.24, 2.45) is 5.10 Å². The molecule has 1 N–H and O–H groups in total. The molecule has 0 unspecified atom stereocenters. The third-order valence-electron chi connectivity index (χ3n) is 3.92. The van der Waals surface area contributed by atoms with Crippen LogP contribution in [0, 0.1) is 11.3 Å². The van der Waals surface area contributed by atoms with Gasteiger partial charge in [0.1, 0.15) is 12.4 Å². The first-order chi connectivity index (χ1) is 13.3. The molecule has 4 nitrogen and oxygen atoms in total. The highest BCUT2D eigenvalue weighted by Crippen LogP contribution is 2.16. The van der Waals surface area contributed by atoms with Gasteiger partial charge in [0.15, 0.2) is 0 Å². The maximum Gasteiger partial charge on any atom is 0.120 e. The zero-order valence-electron chi connectivity index (χ0n) is 14.6. The number of hydrogen-bond acceptors (Lipinski definition) is 4. The summed E-state index contributed by atoms with van der Waals surface area (Å²) in [4.78, 5) is 0. The van der Waals surface area contributed by atoms with Gasteiger partial charge < -0.3 is 10.2 Å². The molecular weight excluding hydrogens is 358 g/mol. The highest BCUT2D eigenvalue weighted by Gasteiger charge is 2.02. The molecule has 0 radical (unpaired) electrons. The topological polar surface area (TPSA) is 57.4 Å². The van der Waals surface area contributed by atoms with Crippen LogP contribution in [0.2, 0.25) is 5.02 Å². The average Bonchev–Trinajstić information content (AvgIpc) is 2.71. The Bertz CT molecular complexity index is 979. The molecule has 0 bridgehead atoms. The van der Waals surface area contributed by atoms with E-state index < -0.39 is 0 Å². The van der Waals surface area contributed by atoms with Crippen LogP contribution < -0.4 is 10.2 Å². The second kappa shape index (κ2) is 9.42. The largest absolute Gasteiger partial charge is 0.489 e. The Balaban J connectivity index is 1.57. The number of hydrogen-bond donors (Lipinski definition) is 1. The molecule has 0 heterocycles. The van der Waals surface area contributed by atoms with Crippen LogP contribution >= 0.6 is 11.6 Å². The van der Waals surface area contributed by atoms with Crippen LogP contribution in [0.25, 0.3) is 0 Å². The van der Waals surface area contributed by atoms with Gasteiger partial charge in [0, 0.05) is 10.6 Å². The van der Waals surface area contributed by atoms with E-state index in [9.17, 15) is 0 Å². The zero-order valence-corrected chi connectivity index (χ0v) is 15.4. The first-order valence-corrected chi connectivity index (χ1v) is 8.84. The number of hydrazone groups is 1. The van der Waals surface area contributed by atoms with Crippen LogP contribution in [0.1, 0.15) is 22.3 Å². The summed E-state index contributed by atoms with van der Waals surface area (Å²) in [6, 6.07) is 24.9. The minimum atomic E-state index is 0.342. The van der Waals surface area contributed by atoms with E-state index in [2.05, 4.69) is 16.6 Å². The molecule has 0 atom stereocenters. The number of halogens is 1. The number of benzene rings is 3. The first-order valence-electron chi connectivity index (χ1n) is 8.46. The lowest BCUT2D eigenvalue weighted by molar-refractivity contribution is 0.306. The Morgan fingerprint density at radius 1 is 1.00 bits per heavy atom. The van der Waals surface area contributed by atoms with E-state index in [-0.39, 0.29) is 0 Å². The van der Waals surface area contributed by atoms with Crippen molar-refractivity contribution >= 4 is 17.8 Å². The van der Waals surface area contributed by atoms with Gasteiger partial charge in [-0.2, -0.15) is 10.4 Å². The third kappa shape index (κ3) is 5.34. The summed E-state index contributed by atoms with van der Waals surface area (Å²) in [6.07, 6.45) is 1.73. The average molecular weight is 376 g/mol. The maximum absolute atomic E-state index is 9.14. The lowest BCUT2D eigenvalue weighted by Gasteiger charge is -2.08. The molecule has 27 heavy (non-hydrogen) atoms. The fraction of sp³-hybridized carbons (Fsp3) is 0.0909. The van der Waals surface area contributed by atoms with E-state index in [1.54, 1.807) is 12.3 Å². The summed E-state index contributed by atoms with van der Waals surface area (Å²) in [6.45, 7) is 0.895. The maximum atomic E-state index is 9.14. The van der Waals surface area contributed by atoms with Crippen molar-refractivity contribution in [3.8, 4) is 11.8 Å². The van der Waals surface area contributed by atoms with Crippen LogP contribution in [0.4, 0.5) is 0 Å². The molecule has 0 saturated carbocycles. The molecule has 0 saturated heterocycles. The molecule has 0 amide bonds. The molecule has 3 rings (SSSR count). The quantitative estimate of drug-likeness (QED) is 0.471. The van der Waals surface area contributed by atoms with Gasteiger partial charge in [-0.25, -0.2) is 0 Å². The fourth-order valence-electron chi connectivity index (χ4n) is 2.49. The van der Waals surface area contributed by atoms with E-state index in [4.69, 9.17) is 21.6 Å². The molecule has 0 fully saturated rings. The highest BCUT2D eigenvalue weighted by molar-refractivity contribution is 6.31. The monoisotopic (exact) mass is 375 g/mol. The molecule has 0 aliphatic heterocycles. The van der Waals surface area contributed by atoms with Gasteiger partial charge in [-0.05, 0) is 35.4 Å². The number of nitrogens with one attached hydrogen (secondary N) is 1. The standard InChI is InChI=1S/C22H18ClN3O/c23-22-11-4-3-8-19(22)15-26-25-14-17-6-5-10-21(12-17)27-16-20-9-2-1-7-18(20)13-24/h1-12,14,26H,15-16H2/b25-14-. The number of rotatable bonds is 7. The van der Waals surface area contributed by atoms with E-state index in [0.29, 0.717) is 23.7 Å². The fourth-order valence-corrected chi connectivity index (χ4v) is 2.70. The molecule has 134 valence electrons. The summed E-state index contributed by atoms with van der Waals surface area (Å²) in [5.74, 6) is 0.720. The second-order valence-corrected chi connectivity index (χ2v) is 6.22. The Morgan fingerprint density at radius 3 is 2.59 bits per heavy atom. The van der Waals surface area contributed by atoms with Gasteiger partial charge in [0.25, 0.3) is 0 Å². The number of nitriles is 1. The van der Waals surface area contributed by atoms with Gasteiger partial charge >= 0.3 is 0 Å². The smallest absolute Gasteiger partial charge is 0.120 e. The normalized spacial score (nSPS) is 10.5. The molecule has 3 aromatic rings. The van der Waals surface area contributed by atoms with Crippen molar-refractivity contribution < 1.29 is 4.74 Å². The molecular formula is C22H18ClN3O. The van der Waals surface area contributed by atoms with Crippen LogP contribution in [0.3, 0.4) is 0 Å². The van der Waals surface area contributed by atoms with E-state index >= 15 is 0 Å². The lowest BCUT2D eigenvalue weighted by atomic mass is 10.1. The van der Waals surface area contributed by atoms with Crippen molar-refractivity contribution in [2.45, 2.75) is 13.2 Å². The van der Waals surface area contributed by atoms with Gasteiger partial charge in [0.2, 0.25) is 0 Å². The van der Waals surface area contributed by atoms with Crippen molar-refractivity contribution in [3.05, 3.63) is 100 Å². The van der Waals surface area contributed by atoms with Gasteiger partial charge in [0.05, 0.1) is 24.4 Å². The number of nitrogens with zero attached hydrogens (tertiary/aromatic N) is 2. The Kier molecular flexibility index (Phi) is 6.45. The molecule has 0 spiro atoms. The SMILES string of the molecule is N#Cc1ccccc1COc1cccc(/C=N\NCc2ccccc2Cl)c1. The summed E-state index contributed by atoms with van der Waals surface area (Å²) in [5.41, 5.74) is 6.38. The minimum absolute atomic E-state index is 0.342. The van der Waals surface area contributed by atoms with Crippen LogP contribution in [-0.2, 0) is 13.2 Å². The van der Waals surface area contributed by atoms with Gasteiger partial charge in [-0.15, -0.1) is 0 Å². The molecule has 0 aliphatic rings. The summed E-state index contributed by atoms with van der Waals surface area (Å²) in [7, 11) is 0. The van der Waals surface area contributed by atoms with E-state index in [0.717, 1.165) is 22.4 Å². The van der Waals surface area contributed by atoms with Crippen molar-refractivity contribution in [3.63, 3.8) is 0 Å². The summed E-state index contributed by atoms with van der Waals surface area (Å²) in [5, 5.41) is 14.1. The highest BCUT2D eigenvalue weighted by atomic mass is 35.5. The van der Waals surface area contributed by atoms with Gasteiger partial charge in [-0.1, -0.05) is 60.1 Å². The Morgan fingerprint density at radius 2 is 1.78 bits per heavy atom. The first kappa shape index (κ1) is 18.5. The minimum Gasteiger partial charge on any atom is -0.489 e. The summed E-state index contributed by atoms with van der Waals surface area (Å²) < 4.78 is 5.82. The van der Waals surface area contributed by atoms with Crippen LogP contribution in [-0.4, -0.2) is 6.21 Å². The molecule has 0 aliphatic carbocycles. The van der Waals surface area contributed by atoms with Crippen LogP contribution in [0.15, 0.2) is 77.9 Å². The second-order valence-electron chi connectivity index (χ2n) is 5.81. The Hall–Kier alpha value is -3.29.